The second-order valence-corrected chi connectivity index (χ2v) is 8.77. The Hall–Kier alpha value is -2.52. The fourth-order valence-corrected chi connectivity index (χ4v) is 3.28. The molecule has 0 amide bonds. The molecule has 0 bridgehead atoms. The van der Waals surface area contributed by atoms with Crippen LogP contribution in [0.1, 0.15) is 92.9 Å². The summed E-state index contributed by atoms with van der Waals surface area (Å²) in [6.07, 6.45) is 9.01. The maximum Gasteiger partial charge on any atom is 0.138 e. The third kappa shape index (κ3) is 8.08. The molecular weight excluding hydrogens is 384 g/mol. The largest absolute Gasteiger partial charge is 0.300 e. The number of carbonyl (C=O) groups excluding carboxylic acids is 2. The molecular formula is C20H36N8O2. The van der Waals surface area contributed by atoms with Gasteiger partial charge in [-0.25, -0.2) is 9.36 Å². The number of carbonyl (C=O) groups is 2. The van der Waals surface area contributed by atoms with Crippen molar-refractivity contribution in [3.8, 4) is 0 Å². The van der Waals surface area contributed by atoms with Crippen LogP contribution in [0, 0.1) is 0 Å². The second kappa shape index (κ2) is 11.6. The Morgan fingerprint density at radius 3 is 1.40 bits per heavy atom. The molecule has 0 spiro atoms. The SMILES string of the molecule is C.CC(C)(CCCC(=O)CCCC(=O)CCCC(C)(C)n1cnnn1)n1cnnn1. The van der Waals surface area contributed by atoms with Crippen LogP contribution in [0.5, 0.6) is 0 Å². The first-order valence-electron chi connectivity index (χ1n) is 10.2. The van der Waals surface area contributed by atoms with Crippen molar-refractivity contribution in [1.29, 1.82) is 0 Å². The Kier molecular flexibility index (Phi) is 9.88. The van der Waals surface area contributed by atoms with Crippen LogP contribution in [0.4, 0.5) is 0 Å². The molecule has 0 unspecified atom stereocenters. The first kappa shape index (κ1) is 25.5. The Morgan fingerprint density at radius 1 is 0.700 bits per heavy atom. The predicted molar refractivity (Wildman–Crippen MR) is 113 cm³/mol. The molecule has 0 saturated heterocycles. The van der Waals surface area contributed by atoms with E-state index >= 15 is 0 Å². The van der Waals surface area contributed by atoms with Crippen LogP contribution in [0.25, 0.3) is 0 Å². The van der Waals surface area contributed by atoms with Crippen molar-refractivity contribution < 1.29 is 9.59 Å². The molecule has 0 atom stereocenters. The van der Waals surface area contributed by atoms with E-state index in [-0.39, 0.29) is 30.1 Å². The maximum atomic E-state index is 12.1. The van der Waals surface area contributed by atoms with E-state index in [4.69, 9.17) is 0 Å². The zero-order valence-corrected chi connectivity index (χ0v) is 17.9. The van der Waals surface area contributed by atoms with E-state index in [9.17, 15) is 9.59 Å². The van der Waals surface area contributed by atoms with Crippen LogP contribution < -0.4 is 0 Å². The van der Waals surface area contributed by atoms with E-state index in [1.54, 1.807) is 22.0 Å². The lowest BCUT2D eigenvalue weighted by Crippen LogP contribution is -2.27. The monoisotopic (exact) mass is 420 g/mol. The molecule has 30 heavy (non-hydrogen) atoms. The summed E-state index contributed by atoms with van der Waals surface area (Å²) in [5.74, 6) is 0.426. The summed E-state index contributed by atoms with van der Waals surface area (Å²) >= 11 is 0. The van der Waals surface area contributed by atoms with Crippen LogP contribution in [-0.2, 0) is 20.7 Å². The van der Waals surface area contributed by atoms with Gasteiger partial charge in [-0.15, -0.1) is 10.2 Å². The summed E-state index contributed by atoms with van der Waals surface area (Å²) in [6.45, 7) is 8.20. The number of nitrogens with zero attached hydrogens (tertiary/aromatic N) is 8. The molecule has 10 heteroatoms. The fraction of sp³-hybridized carbons (Fsp3) is 0.800. The average Bonchev–Trinajstić information content (AvgIpc) is 3.35. The van der Waals surface area contributed by atoms with Crippen LogP contribution in [-0.4, -0.2) is 52.0 Å². The minimum absolute atomic E-state index is 0. The number of hydrogen-bond acceptors (Lipinski definition) is 8. The van der Waals surface area contributed by atoms with E-state index in [2.05, 4.69) is 31.1 Å². The van der Waals surface area contributed by atoms with Crippen LogP contribution in [0.3, 0.4) is 0 Å². The zero-order valence-electron chi connectivity index (χ0n) is 17.9. The lowest BCUT2D eigenvalue weighted by atomic mass is 9.95. The highest BCUT2D eigenvalue weighted by atomic mass is 16.1. The number of tetrazole rings is 2. The minimum Gasteiger partial charge on any atom is -0.300 e. The first-order chi connectivity index (χ1) is 13.7. The number of Topliss-reactive ketones (excluding diaryl/α,β-unsaturated/α-hetero) is 2. The summed E-state index contributed by atoms with van der Waals surface area (Å²) in [4.78, 5) is 24.2. The number of rotatable bonds is 14. The van der Waals surface area contributed by atoms with Gasteiger partial charge in [-0.1, -0.05) is 7.43 Å². The molecule has 0 aliphatic rings. The van der Waals surface area contributed by atoms with Gasteiger partial charge in [-0.05, 0) is 80.7 Å². The smallest absolute Gasteiger partial charge is 0.138 e. The van der Waals surface area contributed by atoms with Gasteiger partial charge in [0, 0.05) is 25.7 Å². The van der Waals surface area contributed by atoms with Gasteiger partial charge < -0.3 is 0 Å². The summed E-state index contributed by atoms with van der Waals surface area (Å²) < 4.78 is 3.44. The minimum atomic E-state index is -0.212. The normalized spacial score (nSPS) is 11.9. The third-order valence-electron chi connectivity index (χ3n) is 5.34. The Morgan fingerprint density at radius 2 is 1.07 bits per heavy atom. The third-order valence-corrected chi connectivity index (χ3v) is 5.34. The van der Waals surface area contributed by atoms with Crippen molar-refractivity contribution in [2.24, 2.45) is 0 Å². The predicted octanol–water partition coefficient (Wildman–Crippen LogP) is 3.12. The van der Waals surface area contributed by atoms with Gasteiger partial charge in [-0.3, -0.25) is 9.59 Å². The number of ketones is 2. The van der Waals surface area contributed by atoms with E-state index < -0.39 is 0 Å². The summed E-state index contributed by atoms with van der Waals surface area (Å²) in [5, 5.41) is 22.5. The molecule has 2 heterocycles. The van der Waals surface area contributed by atoms with Crippen molar-refractivity contribution in [1.82, 2.24) is 40.4 Å². The highest BCUT2D eigenvalue weighted by Gasteiger charge is 2.22. The Balaban J connectivity index is 0.00000450. The molecule has 0 aliphatic heterocycles. The Labute approximate surface area is 178 Å². The highest BCUT2D eigenvalue weighted by Crippen LogP contribution is 2.22. The standard InChI is InChI=1S/C19H32N8O2.CH4/c1-18(2,26-14-20-22-24-26)12-6-10-16(28)8-5-9-17(29)11-7-13-19(3,4)27-15-21-23-25-27;/h14-15H,5-13H2,1-4H3;1H4. The van der Waals surface area contributed by atoms with Crippen LogP contribution in [0.2, 0.25) is 0 Å². The molecule has 0 aromatic carbocycles. The van der Waals surface area contributed by atoms with Crippen LogP contribution in [0.15, 0.2) is 12.7 Å². The quantitative estimate of drug-likeness (QED) is 0.457. The lowest BCUT2D eigenvalue weighted by Gasteiger charge is -2.23. The van der Waals surface area contributed by atoms with Crippen molar-refractivity contribution in [2.45, 2.75) is 104 Å². The topological polar surface area (TPSA) is 121 Å². The number of aromatic nitrogens is 8. The van der Waals surface area contributed by atoms with E-state index in [1.165, 1.54) is 0 Å². The molecule has 0 fully saturated rings. The molecule has 0 radical (unpaired) electrons. The highest BCUT2D eigenvalue weighted by molar-refractivity contribution is 5.81. The van der Waals surface area contributed by atoms with Gasteiger partial charge in [-0.2, -0.15) is 0 Å². The van der Waals surface area contributed by atoms with Gasteiger partial charge in [0.15, 0.2) is 0 Å². The van der Waals surface area contributed by atoms with E-state index in [0.717, 1.165) is 25.7 Å². The molecule has 0 aliphatic carbocycles. The fourth-order valence-electron chi connectivity index (χ4n) is 3.28. The first-order valence-corrected chi connectivity index (χ1v) is 10.2. The molecule has 2 rings (SSSR count). The zero-order chi connectivity index (χ0) is 21.3. The average molecular weight is 421 g/mol. The number of hydrogen-bond donors (Lipinski definition) is 0. The van der Waals surface area contributed by atoms with E-state index in [1.807, 2.05) is 27.7 Å². The van der Waals surface area contributed by atoms with Gasteiger partial charge >= 0.3 is 0 Å². The van der Waals surface area contributed by atoms with Crippen molar-refractivity contribution >= 4 is 11.6 Å². The van der Waals surface area contributed by atoms with Gasteiger partial charge in [0.05, 0.1) is 11.1 Å². The van der Waals surface area contributed by atoms with E-state index in [0.29, 0.717) is 32.1 Å². The van der Waals surface area contributed by atoms with Crippen LogP contribution >= 0.6 is 0 Å². The molecule has 2 aromatic rings. The van der Waals surface area contributed by atoms with Gasteiger partial charge in [0.2, 0.25) is 0 Å². The Bertz CT molecular complexity index is 690. The van der Waals surface area contributed by atoms with Crippen molar-refractivity contribution in [3.05, 3.63) is 12.7 Å². The second-order valence-electron chi connectivity index (χ2n) is 8.77. The van der Waals surface area contributed by atoms with Gasteiger partial charge in [0.1, 0.15) is 24.2 Å². The summed E-state index contributed by atoms with van der Waals surface area (Å²) in [7, 11) is 0. The lowest BCUT2D eigenvalue weighted by molar-refractivity contribution is -0.120. The molecule has 168 valence electrons. The van der Waals surface area contributed by atoms with Crippen molar-refractivity contribution in [3.63, 3.8) is 0 Å². The van der Waals surface area contributed by atoms with Crippen molar-refractivity contribution in [2.75, 3.05) is 0 Å². The molecule has 0 saturated carbocycles. The molecule has 10 nitrogen and oxygen atoms in total. The van der Waals surface area contributed by atoms with Gasteiger partial charge in [0.25, 0.3) is 0 Å². The summed E-state index contributed by atoms with van der Waals surface area (Å²) in [6, 6.07) is 0. The summed E-state index contributed by atoms with van der Waals surface area (Å²) in [5.41, 5.74) is -0.425. The molecule has 2 aromatic heterocycles. The maximum absolute atomic E-state index is 12.1. The molecule has 0 N–H and O–H groups in total.